The van der Waals surface area contributed by atoms with E-state index in [-0.39, 0.29) is 11.7 Å². The van der Waals surface area contributed by atoms with E-state index in [9.17, 15) is 9.90 Å². The molecular weight excluding hydrogens is 434 g/mol. The van der Waals surface area contributed by atoms with E-state index in [4.69, 9.17) is 18.6 Å². The highest BCUT2D eigenvalue weighted by Crippen LogP contribution is 2.45. The van der Waals surface area contributed by atoms with Crippen molar-refractivity contribution in [2.45, 2.75) is 59.2 Å². The summed E-state index contributed by atoms with van der Waals surface area (Å²) in [6.45, 7) is 11.2. The Hall–Kier alpha value is -3.19. The van der Waals surface area contributed by atoms with E-state index in [1.54, 1.807) is 12.1 Å². The van der Waals surface area contributed by atoms with Crippen LogP contribution in [0.5, 0.6) is 17.2 Å². The van der Waals surface area contributed by atoms with Gasteiger partial charge >= 0.3 is 0 Å². The summed E-state index contributed by atoms with van der Waals surface area (Å²) in [5, 5.41) is 14.5. The molecule has 182 valence electrons. The van der Waals surface area contributed by atoms with Crippen LogP contribution in [0.3, 0.4) is 0 Å². The fourth-order valence-corrected chi connectivity index (χ4v) is 4.55. The minimum absolute atomic E-state index is 0.252. The van der Waals surface area contributed by atoms with Crippen molar-refractivity contribution in [1.29, 1.82) is 0 Å². The van der Waals surface area contributed by atoms with Gasteiger partial charge in [0.05, 0.1) is 19.3 Å². The van der Waals surface area contributed by atoms with Gasteiger partial charge in [0.25, 0.3) is 5.91 Å². The number of fused-ring (bicyclic) bond motifs is 3. The molecule has 7 nitrogen and oxygen atoms in total. The molecule has 2 aromatic carbocycles. The van der Waals surface area contributed by atoms with Crippen LogP contribution in [0, 0.1) is 6.92 Å². The van der Waals surface area contributed by atoms with Crippen LogP contribution in [0.4, 0.5) is 0 Å². The summed E-state index contributed by atoms with van der Waals surface area (Å²) in [5.41, 5.74) is 2.53. The average molecular weight is 468 g/mol. The number of carbonyl (C=O) groups is 1. The van der Waals surface area contributed by atoms with Gasteiger partial charge < -0.3 is 29.1 Å². The first-order chi connectivity index (χ1) is 16.2. The topological polar surface area (TPSA) is 90.2 Å². The highest BCUT2D eigenvalue weighted by Gasteiger charge is 2.35. The lowest BCUT2D eigenvalue weighted by Gasteiger charge is -2.35. The first-order valence-corrected chi connectivity index (χ1v) is 11.8. The largest absolute Gasteiger partial charge is 0.490 e. The van der Waals surface area contributed by atoms with E-state index in [0.29, 0.717) is 66.6 Å². The fourth-order valence-electron chi connectivity index (χ4n) is 4.55. The Labute approximate surface area is 200 Å². The molecule has 1 aliphatic rings. The number of benzene rings is 2. The normalized spacial score (nSPS) is 16.6. The molecule has 7 heteroatoms. The van der Waals surface area contributed by atoms with Crippen molar-refractivity contribution in [3.63, 3.8) is 0 Å². The molecule has 1 atom stereocenters. The summed E-state index contributed by atoms with van der Waals surface area (Å²) in [7, 11) is 0. The number of hydrogen-bond donors (Lipinski definition) is 2. The SMILES string of the molecule is CCOc1ccc(CCNC(=O)c2oc3ccc4c(c3c2C)C(O)CC(C)(C)O4)cc1OCC. The number of carbonyl (C=O) groups excluding carboxylic acids is 1. The van der Waals surface area contributed by atoms with Crippen LogP contribution >= 0.6 is 0 Å². The molecule has 34 heavy (non-hydrogen) atoms. The van der Waals surface area contributed by atoms with Crippen molar-refractivity contribution in [2.24, 2.45) is 0 Å². The van der Waals surface area contributed by atoms with Crippen molar-refractivity contribution in [2.75, 3.05) is 19.8 Å². The summed E-state index contributed by atoms with van der Waals surface area (Å²) >= 11 is 0. The number of furan rings is 1. The van der Waals surface area contributed by atoms with Crippen molar-refractivity contribution < 1.29 is 28.5 Å². The molecule has 3 aromatic rings. The van der Waals surface area contributed by atoms with Gasteiger partial charge in [0, 0.05) is 29.5 Å². The molecule has 2 heterocycles. The van der Waals surface area contributed by atoms with Gasteiger partial charge in [-0.3, -0.25) is 4.79 Å². The number of amides is 1. The molecule has 0 aliphatic carbocycles. The molecule has 0 spiro atoms. The lowest BCUT2D eigenvalue weighted by atomic mass is 9.89. The second-order valence-electron chi connectivity index (χ2n) is 9.14. The zero-order valence-electron chi connectivity index (χ0n) is 20.5. The quantitative estimate of drug-likeness (QED) is 0.479. The van der Waals surface area contributed by atoms with E-state index in [0.717, 1.165) is 10.9 Å². The molecule has 0 saturated heterocycles. The third kappa shape index (κ3) is 4.71. The third-order valence-electron chi connectivity index (χ3n) is 6.01. The Morgan fingerprint density at radius 1 is 1.15 bits per heavy atom. The minimum atomic E-state index is -0.686. The van der Waals surface area contributed by atoms with Crippen LogP contribution in [0.15, 0.2) is 34.7 Å². The van der Waals surface area contributed by atoms with Crippen LogP contribution in [-0.2, 0) is 6.42 Å². The minimum Gasteiger partial charge on any atom is -0.490 e. The molecule has 0 radical (unpaired) electrons. The smallest absolute Gasteiger partial charge is 0.287 e. The van der Waals surface area contributed by atoms with Crippen LogP contribution in [0.2, 0.25) is 0 Å². The number of aliphatic hydroxyl groups excluding tert-OH is 1. The standard InChI is InChI=1S/C27H33NO6/c1-6-31-19-9-8-17(14-22(19)32-7-2)12-13-28-26(30)25-16(3)23-20(33-25)10-11-21-24(23)18(29)15-27(4,5)34-21/h8-11,14,18,29H,6-7,12-13,15H2,1-5H3,(H,28,30). The number of nitrogens with one attached hydrogen (secondary N) is 1. The Morgan fingerprint density at radius 3 is 2.62 bits per heavy atom. The molecule has 2 N–H and O–H groups in total. The van der Waals surface area contributed by atoms with Crippen molar-refractivity contribution in [1.82, 2.24) is 5.32 Å². The third-order valence-corrected chi connectivity index (χ3v) is 6.01. The summed E-state index contributed by atoms with van der Waals surface area (Å²) in [6.07, 6.45) is 0.417. The van der Waals surface area contributed by atoms with Crippen molar-refractivity contribution in [3.8, 4) is 17.2 Å². The van der Waals surface area contributed by atoms with Gasteiger partial charge in [0.15, 0.2) is 17.3 Å². The predicted octanol–water partition coefficient (Wildman–Crippen LogP) is 5.11. The van der Waals surface area contributed by atoms with Crippen LogP contribution in [-0.4, -0.2) is 36.4 Å². The van der Waals surface area contributed by atoms with Crippen molar-refractivity contribution in [3.05, 3.63) is 52.8 Å². The van der Waals surface area contributed by atoms with Gasteiger partial charge in [-0.05, 0) is 70.9 Å². The maximum Gasteiger partial charge on any atom is 0.287 e. The second kappa shape index (κ2) is 9.58. The molecule has 1 aromatic heterocycles. The van der Waals surface area contributed by atoms with Crippen LogP contribution in [0.25, 0.3) is 11.0 Å². The summed E-state index contributed by atoms with van der Waals surface area (Å²) in [6, 6.07) is 9.41. The highest BCUT2D eigenvalue weighted by molar-refractivity contribution is 6.00. The monoisotopic (exact) mass is 467 g/mol. The van der Waals surface area contributed by atoms with E-state index in [1.807, 2.05) is 52.8 Å². The zero-order chi connectivity index (χ0) is 24.5. The number of ether oxygens (including phenoxy) is 3. The number of hydrogen-bond acceptors (Lipinski definition) is 6. The maximum atomic E-state index is 12.9. The van der Waals surface area contributed by atoms with Gasteiger partial charge in [-0.25, -0.2) is 0 Å². The highest BCUT2D eigenvalue weighted by atomic mass is 16.5. The Bertz CT molecular complexity index is 1200. The molecule has 0 bridgehead atoms. The number of aliphatic hydroxyl groups is 1. The maximum absolute atomic E-state index is 12.9. The summed E-state index contributed by atoms with van der Waals surface area (Å²) in [4.78, 5) is 12.9. The first kappa shape index (κ1) is 24.0. The molecule has 0 fully saturated rings. The van der Waals surface area contributed by atoms with Gasteiger partial charge in [-0.15, -0.1) is 0 Å². The first-order valence-electron chi connectivity index (χ1n) is 11.8. The lowest BCUT2D eigenvalue weighted by Crippen LogP contribution is -2.34. The van der Waals surface area contributed by atoms with E-state index in [2.05, 4.69) is 5.32 Å². The van der Waals surface area contributed by atoms with Crippen LogP contribution in [0.1, 0.15) is 67.5 Å². The van der Waals surface area contributed by atoms with Gasteiger partial charge in [-0.1, -0.05) is 6.07 Å². The molecule has 4 rings (SSSR count). The van der Waals surface area contributed by atoms with Crippen molar-refractivity contribution >= 4 is 16.9 Å². The number of aryl methyl sites for hydroxylation is 1. The van der Waals surface area contributed by atoms with Gasteiger partial charge in [0.1, 0.15) is 16.9 Å². The summed E-state index contributed by atoms with van der Waals surface area (Å²) < 4.78 is 23.3. The second-order valence-corrected chi connectivity index (χ2v) is 9.14. The Balaban J connectivity index is 1.49. The Morgan fingerprint density at radius 2 is 1.88 bits per heavy atom. The van der Waals surface area contributed by atoms with E-state index in [1.165, 1.54) is 0 Å². The molecule has 1 aliphatic heterocycles. The Kier molecular flexibility index (Phi) is 6.75. The lowest BCUT2D eigenvalue weighted by molar-refractivity contribution is 0.0126. The van der Waals surface area contributed by atoms with Gasteiger partial charge in [0.2, 0.25) is 0 Å². The predicted molar refractivity (Wildman–Crippen MR) is 130 cm³/mol. The van der Waals surface area contributed by atoms with E-state index >= 15 is 0 Å². The molecule has 0 saturated carbocycles. The molecule has 1 unspecified atom stereocenters. The zero-order valence-corrected chi connectivity index (χ0v) is 20.5. The summed E-state index contributed by atoms with van der Waals surface area (Å²) in [5.74, 6) is 2.02. The molecular formula is C27H33NO6. The van der Waals surface area contributed by atoms with E-state index < -0.39 is 11.7 Å². The molecule has 1 amide bonds. The fraction of sp³-hybridized carbons (Fsp3) is 0.444. The van der Waals surface area contributed by atoms with Crippen LogP contribution < -0.4 is 19.5 Å². The average Bonchev–Trinajstić information content (AvgIpc) is 3.11. The van der Waals surface area contributed by atoms with Gasteiger partial charge in [-0.2, -0.15) is 0 Å². The number of rotatable bonds is 8.